The van der Waals surface area contributed by atoms with Crippen molar-refractivity contribution in [3.05, 3.63) is 0 Å². The maximum atomic E-state index is 12.1. The molecule has 1 rings (SSSR count). The number of esters is 1. The largest absolute Gasteiger partial charge is 0.468 e. The Hall–Kier alpha value is -0.650. The van der Waals surface area contributed by atoms with E-state index in [-0.39, 0.29) is 5.97 Å². The second-order valence-corrected chi connectivity index (χ2v) is 5.36. The third-order valence-electron chi connectivity index (χ3n) is 3.74. The molecule has 1 fully saturated rings. The van der Waals surface area contributed by atoms with Crippen molar-refractivity contribution in [1.82, 2.24) is 10.2 Å². The Labute approximate surface area is 116 Å². The first kappa shape index (κ1) is 16.4. The Morgan fingerprint density at radius 1 is 1.53 bits per heavy atom. The monoisotopic (exact) mass is 272 g/mol. The third kappa shape index (κ3) is 4.44. The molecule has 0 bridgehead atoms. The van der Waals surface area contributed by atoms with E-state index < -0.39 is 5.54 Å². The van der Waals surface area contributed by atoms with Gasteiger partial charge >= 0.3 is 5.97 Å². The van der Waals surface area contributed by atoms with Crippen molar-refractivity contribution in [3.8, 4) is 0 Å². The molecule has 1 N–H and O–H groups in total. The fourth-order valence-electron chi connectivity index (χ4n) is 2.50. The van der Waals surface area contributed by atoms with Crippen molar-refractivity contribution in [2.24, 2.45) is 0 Å². The van der Waals surface area contributed by atoms with Crippen LogP contribution in [-0.4, -0.2) is 62.4 Å². The van der Waals surface area contributed by atoms with Crippen LogP contribution in [0.25, 0.3) is 0 Å². The Bertz CT molecular complexity index is 286. The highest BCUT2D eigenvalue weighted by molar-refractivity contribution is 5.80. The highest BCUT2D eigenvalue weighted by Crippen LogP contribution is 2.16. The molecule has 1 heterocycles. The fourth-order valence-corrected chi connectivity index (χ4v) is 2.50. The van der Waals surface area contributed by atoms with Gasteiger partial charge in [-0.15, -0.1) is 0 Å². The molecule has 0 aromatic rings. The van der Waals surface area contributed by atoms with Gasteiger partial charge < -0.3 is 14.8 Å². The first-order valence-corrected chi connectivity index (χ1v) is 7.22. The van der Waals surface area contributed by atoms with Gasteiger partial charge in [0.15, 0.2) is 0 Å². The molecule has 5 nitrogen and oxygen atoms in total. The molecule has 0 spiro atoms. The highest BCUT2D eigenvalue weighted by atomic mass is 16.5. The summed E-state index contributed by atoms with van der Waals surface area (Å²) < 4.78 is 10.5. The van der Waals surface area contributed by atoms with Gasteiger partial charge in [0.25, 0.3) is 0 Å². The number of nitrogens with one attached hydrogen (secondary N) is 1. The molecule has 1 aliphatic heterocycles. The van der Waals surface area contributed by atoms with Crippen LogP contribution in [0.1, 0.15) is 33.6 Å². The van der Waals surface area contributed by atoms with Crippen molar-refractivity contribution in [2.45, 2.75) is 45.2 Å². The SMILES string of the molecule is CCCNC(C)(CN1CCOCC1CC)C(=O)OC. The lowest BCUT2D eigenvalue weighted by Crippen LogP contribution is -2.60. The average molecular weight is 272 g/mol. The molecule has 0 radical (unpaired) electrons. The topological polar surface area (TPSA) is 50.8 Å². The Balaban J connectivity index is 2.71. The number of hydrogen-bond acceptors (Lipinski definition) is 5. The van der Waals surface area contributed by atoms with Crippen molar-refractivity contribution in [2.75, 3.05) is 40.0 Å². The molecule has 0 aliphatic carbocycles. The summed E-state index contributed by atoms with van der Waals surface area (Å²) in [6, 6.07) is 0.390. The van der Waals surface area contributed by atoms with Crippen LogP contribution < -0.4 is 5.32 Å². The van der Waals surface area contributed by atoms with Crippen LogP contribution in [0.3, 0.4) is 0 Å². The zero-order valence-electron chi connectivity index (χ0n) is 12.7. The van der Waals surface area contributed by atoms with E-state index in [0.717, 1.165) is 39.1 Å². The number of nitrogens with zero attached hydrogens (tertiary/aromatic N) is 1. The van der Waals surface area contributed by atoms with E-state index in [9.17, 15) is 4.79 Å². The van der Waals surface area contributed by atoms with Crippen LogP contribution in [0, 0.1) is 0 Å². The van der Waals surface area contributed by atoms with Gasteiger partial charge in [-0.1, -0.05) is 13.8 Å². The van der Waals surface area contributed by atoms with E-state index in [0.29, 0.717) is 12.6 Å². The van der Waals surface area contributed by atoms with Gasteiger partial charge in [-0.2, -0.15) is 0 Å². The minimum atomic E-state index is -0.643. The van der Waals surface area contributed by atoms with E-state index in [1.54, 1.807) is 0 Å². The summed E-state index contributed by atoms with van der Waals surface area (Å²) in [6.07, 6.45) is 2.03. The molecule has 19 heavy (non-hydrogen) atoms. The minimum absolute atomic E-state index is 0.192. The third-order valence-corrected chi connectivity index (χ3v) is 3.74. The lowest BCUT2D eigenvalue weighted by atomic mass is 9.99. The second kappa shape index (κ2) is 7.82. The van der Waals surface area contributed by atoms with Gasteiger partial charge in [-0.3, -0.25) is 9.69 Å². The van der Waals surface area contributed by atoms with Crippen LogP contribution >= 0.6 is 0 Å². The van der Waals surface area contributed by atoms with Gasteiger partial charge in [-0.05, 0) is 26.3 Å². The summed E-state index contributed by atoms with van der Waals surface area (Å²) in [5.74, 6) is -0.192. The Morgan fingerprint density at radius 2 is 2.26 bits per heavy atom. The second-order valence-electron chi connectivity index (χ2n) is 5.36. The Kier molecular flexibility index (Phi) is 6.75. The quantitative estimate of drug-likeness (QED) is 0.702. The molecule has 112 valence electrons. The van der Waals surface area contributed by atoms with E-state index in [1.165, 1.54) is 7.11 Å². The fraction of sp³-hybridized carbons (Fsp3) is 0.929. The number of hydrogen-bond donors (Lipinski definition) is 1. The number of carbonyl (C=O) groups is 1. The maximum absolute atomic E-state index is 12.1. The molecule has 5 heteroatoms. The highest BCUT2D eigenvalue weighted by Gasteiger charge is 2.37. The first-order chi connectivity index (χ1) is 9.07. The molecule has 1 aliphatic rings. The van der Waals surface area contributed by atoms with E-state index in [1.807, 2.05) is 6.92 Å². The van der Waals surface area contributed by atoms with Gasteiger partial charge in [0.1, 0.15) is 5.54 Å². The number of methoxy groups -OCH3 is 1. The van der Waals surface area contributed by atoms with Crippen molar-refractivity contribution >= 4 is 5.97 Å². The van der Waals surface area contributed by atoms with Gasteiger partial charge in [-0.25, -0.2) is 0 Å². The molecular weight excluding hydrogens is 244 g/mol. The molecule has 2 unspecified atom stereocenters. The van der Waals surface area contributed by atoms with E-state index >= 15 is 0 Å². The summed E-state index contributed by atoms with van der Waals surface area (Å²) in [4.78, 5) is 14.4. The van der Waals surface area contributed by atoms with Gasteiger partial charge in [0.05, 0.1) is 20.3 Å². The molecule has 0 saturated carbocycles. The number of carbonyl (C=O) groups excluding carboxylic acids is 1. The van der Waals surface area contributed by atoms with Crippen molar-refractivity contribution in [3.63, 3.8) is 0 Å². The lowest BCUT2D eigenvalue weighted by Gasteiger charge is -2.40. The number of rotatable bonds is 7. The molecular formula is C14H28N2O3. The number of ether oxygens (including phenoxy) is 2. The smallest absolute Gasteiger partial charge is 0.327 e. The van der Waals surface area contributed by atoms with E-state index in [4.69, 9.17) is 9.47 Å². The van der Waals surface area contributed by atoms with Gasteiger partial charge in [0, 0.05) is 19.1 Å². The molecule has 0 aromatic carbocycles. The zero-order valence-corrected chi connectivity index (χ0v) is 12.7. The predicted octanol–water partition coefficient (Wildman–Crippen LogP) is 1.03. The molecule has 2 atom stereocenters. The summed E-state index contributed by atoms with van der Waals surface area (Å²) in [6.45, 7) is 10.0. The summed E-state index contributed by atoms with van der Waals surface area (Å²) in [5.41, 5.74) is -0.643. The standard InChI is InChI=1S/C14H28N2O3/c1-5-7-15-14(3,13(17)18-4)11-16-8-9-19-10-12(16)6-2/h12,15H,5-11H2,1-4H3. The zero-order chi connectivity index (χ0) is 14.3. The summed E-state index contributed by atoms with van der Waals surface area (Å²) >= 11 is 0. The average Bonchev–Trinajstić information content (AvgIpc) is 2.44. The maximum Gasteiger partial charge on any atom is 0.327 e. The van der Waals surface area contributed by atoms with E-state index in [2.05, 4.69) is 24.1 Å². The molecule has 0 amide bonds. The van der Waals surface area contributed by atoms with Crippen LogP contribution in [-0.2, 0) is 14.3 Å². The first-order valence-electron chi connectivity index (χ1n) is 7.22. The van der Waals surface area contributed by atoms with Crippen LogP contribution in [0.2, 0.25) is 0 Å². The summed E-state index contributed by atoms with van der Waals surface area (Å²) in [5, 5.41) is 3.33. The lowest BCUT2D eigenvalue weighted by molar-refractivity contribution is -0.150. The molecule has 0 aromatic heterocycles. The van der Waals surface area contributed by atoms with Gasteiger partial charge in [0.2, 0.25) is 0 Å². The normalized spacial score (nSPS) is 23.9. The van der Waals surface area contributed by atoms with Crippen molar-refractivity contribution in [1.29, 1.82) is 0 Å². The van der Waals surface area contributed by atoms with Crippen molar-refractivity contribution < 1.29 is 14.3 Å². The van der Waals surface area contributed by atoms with Crippen LogP contribution in [0.5, 0.6) is 0 Å². The van der Waals surface area contributed by atoms with Crippen LogP contribution in [0.4, 0.5) is 0 Å². The Morgan fingerprint density at radius 3 is 2.84 bits per heavy atom. The molecule has 1 saturated heterocycles. The predicted molar refractivity (Wildman–Crippen MR) is 75.2 cm³/mol. The summed E-state index contributed by atoms with van der Waals surface area (Å²) in [7, 11) is 1.45. The van der Waals surface area contributed by atoms with Crippen LogP contribution in [0.15, 0.2) is 0 Å². The number of morpholine rings is 1. The minimum Gasteiger partial charge on any atom is -0.468 e.